The molecule has 0 unspecified atom stereocenters. The monoisotopic (exact) mass is 312 g/mol. The Labute approximate surface area is 127 Å². The van der Waals surface area contributed by atoms with Gasteiger partial charge in [-0.2, -0.15) is 4.98 Å². The van der Waals surface area contributed by atoms with Crippen LogP contribution in [0.2, 0.25) is 10.0 Å². The number of hydrogen-bond acceptors (Lipinski definition) is 5. The minimum Gasteiger partial charge on any atom is -0.438 e. The molecule has 1 aromatic carbocycles. The van der Waals surface area contributed by atoms with Crippen LogP contribution < -0.4 is 16.0 Å². The van der Waals surface area contributed by atoms with Gasteiger partial charge in [0.15, 0.2) is 0 Å². The first-order chi connectivity index (χ1) is 9.55. The zero-order chi connectivity index (χ0) is 14.7. The van der Waals surface area contributed by atoms with Crippen molar-refractivity contribution in [1.82, 2.24) is 9.97 Å². The van der Waals surface area contributed by atoms with Crippen LogP contribution in [0.5, 0.6) is 11.6 Å². The maximum atomic E-state index is 5.96. The molecule has 7 heteroatoms. The summed E-state index contributed by atoms with van der Waals surface area (Å²) in [7, 11) is 0. The van der Waals surface area contributed by atoms with E-state index in [1.807, 2.05) is 13.8 Å². The molecule has 0 fully saturated rings. The van der Waals surface area contributed by atoms with Crippen LogP contribution in [0.25, 0.3) is 0 Å². The van der Waals surface area contributed by atoms with Gasteiger partial charge in [0.2, 0.25) is 5.88 Å². The average molecular weight is 313 g/mol. The standard InChI is InChI=1S/C13H14Cl2N4O/c1-3-11-17-12(19-16)7(2)13(18-11)20-8-4-5-9(14)10(15)6-8/h4-6H,3,16H2,1-2H3,(H,17,18,19). The molecule has 0 bridgehead atoms. The number of nitrogens with two attached hydrogens (primary N) is 1. The van der Waals surface area contributed by atoms with Crippen molar-refractivity contribution in [3.8, 4) is 11.6 Å². The number of aromatic nitrogens is 2. The summed E-state index contributed by atoms with van der Waals surface area (Å²) in [5.41, 5.74) is 3.26. The molecule has 0 aliphatic rings. The molecule has 3 N–H and O–H groups in total. The Morgan fingerprint density at radius 3 is 2.60 bits per heavy atom. The lowest BCUT2D eigenvalue weighted by Gasteiger charge is -2.12. The molecule has 0 aliphatic heterocycles. The molecule has 1 heterocycles. The van der Waals surface area contributed by atoms with Crippen molar-refractivity contribution in [3.05, 3.63) is 39.6 Å². The minimum atomic E-state index is 0.420. The number of benzene rings is 1. The highest BCUT2D eigenvalue weighted by Gasteiger charge is 2.12. The Balaban J connectivity index is 2.39. The zero-order valence-corrected chi connectivity index (χ0v) is 12.6. The van der Waals surface area contributed by atoms with Crippen molar-refractivity contribution >= 4 is 29.0 Å². The molecule has 5 nitrogen and oxygen atoms in total. The summed E-state index contributed by atoms with van der Waals surface area (Å²) >= 11 is 11.8. The quantitative estimate of drug-likeness (QED) is 0.664. The van der Waals surface area contributed by atoms with Gasteiger partial charge < -0.3 is 10.2 Å². The van der Waals surface area contributed by atoms with Crippen molar-refractivity contribution in [2.24, 2.45) is 5.84 Å². The van der Waals surface area contributed by atoms with E-state index in [4.69, 9.17) is 33.8 Å². The van der Waals surface area contributed by atoms with Gasteiger partial charge in [0.05, 0.1) is 15.6 Å². The van der Waals surface area contributed by atoms with Gasteiger partial charge >= 0.3 is 0 Å². The molecule has 0 saturated heterocycles. The van der Waals surface area contributed by atoms with Crippen molar-refractivity contribution in [2.45, 2.75) is 20.3 Å². The molecule has 0 atom stereocenters. The van der Waals surface area contributed by atoms with Crippen molar-refractivity contribution < 1.29 is 4.74 Å². The lowest BCUT2D eigenvalue weighted by molar-refractivity contribution is 0.455. The molecule has 0 radical (unpaired) electrons. The second-order valence-electron chi connectivity index (χ2n) is 4.09. The fourth-order valence-corrected chi connectivity index (χ4v) is 1.88. The highest BCUT2D eigenvalue weighted by Crippen LogP contribution is 2.31. The predicted octanol–water partition coefficient (Wildman–Crippen LogP) is 3.73. The lowest BCUT2D eigenvalue weighted by atomic mass is 10.3. The van der Waals surface area contributed by atoms with E-state index in [2.05, 4.69) is 15.4 Å². The van der Waals surface area contributed by atoms with Crippen LogP contribution in [0.1, 0.15) is 18.3 Å². The Morgan fingerprint density at radius 2 is 2.00 bits per heavy atom. The molecular formula is C13H14Cl2N4O. The number of ether oxygens (including phenoxy) is 1. The van der Waals surface area contributed by atoms with Gasteiger partial charge in [0.1, 0.15) is 17.4 Å². The van der Waals surface area contributed by atoms with Crippen LogP contribution in [0.15, 0.2) is 18.2 Å². The van der Waals surface area contributed by atoms with Gasteiger partial charge in [-0.3, -0.25) is 0 Å². The van der Waals surface area contributed by atoms with E-state index in [-0.39, 0.29) is 0 Å². The molecule has 0 amide bonds. The number of halogens is 2. The summed E-state index contributed by atoms with van der Waals surface area (Å²) in [6, 6.07) is 5.02. The molecular weight excluding hydrogens is 299 g/mol. The van der Waals surface area contributed by atoms with Gasteiger partial charge in [-0.25, -0.2) is 10.8 Å². The second-order valence-corrected chi connectivity index (χ2v) is 4.91. The molecule has 2 rings (SSSR count). The van der Waals surface area contributed by atoms with E-state index < -0.39 is 0 Å². The van der Waals surface area contributed by atoms with E-state index in [0.717, 1.165) is 5.56 Å². The van der Waals surface area contributed by atoms with E-state index in [1.165, 1.54) is 0 Å². The molecule has 106 valence electrons. The first kappa shape index (κ1) is 14.8. The number of nitrogens with zero attached hydrogens (tertiary/aromatic N) is 2. The normalized spacial score (nSPS) is 10.4. The SMILES string of the molecule is CCc1nc(NN)c(C)c(Oc2ccc(Cl)c(Cl)c2)n1. The fraction of sp³-hybridized carbons (Fsp3) is 0.231. The van der Waals surface area contributed by atoms with Gasteiger partial charge in [-0.05, 0) is 19.1 Å². The van der Waals surface area contributed by atoms with Crippen LogP contribution >= 0.6 is 23.2 Å². The Kier molecular flexibility index (Phi) is 4.65. The predicted molar refractivity (Wildman–Crippen MR) is 80.5 cm³/mol. The highest BCUT2D eigenvalue weighted by atomic mass is 35.5. The van der Waals surface area contributed by atoms with Crippen LogP contribution in [-0.2, 0) is 6.42 Å². The van der Waals surface area contributed by atoms with Crippen LogP contribution in [-0.4, -0.2) is 9.97 Å². The number of hydrogen-bond donors (Lipinski definition) is 2. The number of anilines is 1. The van der Waals surface area contributed by atoms with E-state index in [9.17, 15) is 0 Å². The smallest absolute Gasteiger partial charge is 0.227 e. The van der Waals surface area contributed by atoms with Crippen molar-refractivity contribution in [1.29, 1.82) is 0 Å². The summed E-state index contributed by atoms with van der Waals surface area (Å²) < 4.78 is 5.74. The van der Waals surface area contributed by atoms with Gasteiger partial charge in [-0.15, -0.1) is 0 Å². The van der Waals surface area contributed by atoms with E-state index >= 15 is 0 Å². The van der Waals surface area contributed by atoms with Crippen LogP contribution in [0.4, 0.5) is 5.82 Å². The van der Waals surface area contributed by atoms with E-state index in [0.29, 0.717) is 39.7 Å². The van der Waals surface area contributed by atoms with Crippen molar-refractivity contribution in [2.75, 3.05) is 5.43 Å². The second kappa shape index (κ2) is 6.26. The maximum Gasteiger partial charge on any atom is 0.227 e. The number of nitrogens with one attached hydrogen (secondary N) is 1. The molecule has 1 aromatic heterocycles. The van der Waals surface area contributed by atoms with E-state index in [1.54, 1.807) is 18.2 Å². The topological polar surface area (TPSA) is 73.1 Å². The number of aryl methyl sites for hydroxylation is 1. The third-order valence-electron chi connectivity index (χ3n) is 2.71. The summed E-state index contributed by atoms with van der Waals surface area (Å²) in [5.74, 6) is 7.60. The highest BCUT2D eigenvalue weighted by molar-refractivity contribution is 6.42. The molecule has 20 heavy (non-hydrogen) atoms. The number of nitrogen functional groups attached to an aromatic ring is 1. The van der Waals surface area contributed by atoms with Crippen LogP contribution in [0, 0.1) is 6.92 Å². The summed E-state index contributed by atoms with van der Waals surface area (Å²) in [6.07, 6.45) is 0.673. The minimum absolute atomic E-state index is 0.420. The third-order valence-corrected chi connectivity index (χ3v) is 3.45. The maximum absolute atomic E-state index is 5.96. The molecule has 2 aromatic rings. The summed E-state index contributed by atoms with van der Waals surface area (Å²) in [4.78, 5) is 8.61. The molecule has 0 spiro atoms. The molecule has 0 saturated carbocycles. The molecule has 0 aliphatic carbocycles. The largest absolute Gasteiger partial charge is 0.438 e. The lowest BCUT2D eigenvalue weighted by Crippen LogP contribution is -2.13. The average Bonchev–Trinajstić information content (AvgIpc) is 2.45. The van der Waals surface area contributed by atoms with Crippen LogP contribution in [0.3, 0.4) is 0 Å². The van der Waals surface area contributed by atoms with Crippen molar-refractivity contribution in [3.63, 3.8) is 0 Å². The first-order valence-electron chi connectivity index (χ1n) is 6.02. The zero-order valence-electron chi connectivity index (χ0n) is 11.1. The van der Waals surface area contributed by atoms with Gasteiger partial charge in [-0.1, -0.05) is 30.1 Å². The Morgan fingerprint density at radius 1 is 1.25 bits per heavy atom. The number of hydrazine groups is 1. The summed E-state index contributed by atoms with van der Waals surface area (Å²) in [5, 5.41) is 0.890. The van der Waals surface area contributed by atoms with Gasteiger partial charge in [0.25, 0.3) is 0 Å². The summed E-state index contributed by atoms with van der Waals surface area (Å²) in [6.45, 7) is 3.77. The first-order valence-corrected chi connectivity index (χ1v) is 6.77. The van der Waals surface area contributed by atoms with Gasteiger partial charge in [0, 0.05) is 12.5 Å². The third kappa shape index (κ3) is 3.12. The Bertz CT molecular complexity index is 634. The number of rotatable bonds is 4. The fourth-order valence-electron chi connectivity index (χ4n) is 1.59. The Hall–Kier alpha value is -1.56.